The molecule has 2 heteroatoms. The van der Waals surface area contributed by atoms with E-state index in [1.807, 2.05) is 0 Å². The van der Waals surface area contributed by atoms with Crippen LogP contribution in [0.15, 0.2) is 0 Å². The van der Waals surface area contributed by atoms with Crippen LogP contribution < -0.4 is 5.73 Å². The summed E-state index contributed by atoms with van der Waals surface area (Å²) in [6.07, 6.45) is 12.5. The lowest BCUT2D eigenvalue weighted by Crippen LogP contribution is -2.28. The first-order valence-corrected chi connectivity index (χ1v) is 7.60. The van der Waals surface area contributed by atoms with Crippen LogP contribution >= 0.6 is 0 Å². The molecule has 17 heavy (non-hydrogen) atoms. The Bertz CT molecular complexity index is 225. The van der Waals surface area contributed by atoms with E-state index in [4.69, 9.17) is 10.5 Å². The van der Waals surface area contributed by atoms with Crippen LogP contribution in [0.5, 0.6) is 0 Å². The molecule has 0 aromatic carbocycles. The highest BCUT2D eigenvalue weighted by Crippen LogP contribution is 2.45. The Morgan fingerprint density at radius 2 is 2.24 bits per heavy atom. The standard InChI is InChI=1S/C15H29NO/c1-2-13-7-9-15(11-13,12-16)8-3-5-14-6-4-10-17-14/h13-14H,2-12,16H2,1H3. The summed E-state index contributed by atoms with van der Waals surface area (Å²) in [7, 11) is 0. The molecule has 2 rings (SSSR count). The van der Waals surface area contributed by atoms with Gasteiger partial charge >= 0.3 is 0 Å². The largest absolute Gasteiger partial charge is 0.378 e. The molecule has 2 aliphatic rings. The fourth-order valence-electron chi connectivity index (χ4n) is 3.77. The Balaban J connectivity index is 1.71. The highest BCUT2D eigenvalue weighted by atomic mass is 16.5. The molecule has 1 aliphatic heterocycles. The predicted octanol–water partition coefficient (Wildman–Crippen LogP) is 3.49. The van der Waals surface area contributed by atoms with E-state index in [-0.39, 0.29) is 0 Å². The molecule has 0 spiro atoms. The molecule has 1 aliphatic carbocycles. The first-order chi connectivity index (χ1) is 8.28. The summed E-state index contributed by atoms with van der Waals surface area (Å²) >= 11 is 0. The van der Waals surface area contributed by atoms with Crippen LogP contribution in [0, 0.1) is 11.3 Å². The number of ether oxygens (including phenoxy) is 1. The lowest BCUT2D eigenvalue weighted by atomic mass is 9.80. The molecule has 0 amide bonds. The highest BCUT2D eigenvalue weighted by molar-refractivity contribution is 4.89. The molecule has 0 radical (unpaired) electrons. The maximum Gasteiger partial charge on any atom is 0.0576 e. The number of nitrogens with two attached hydrogens (primary N) is 1. The molecule has 0 aromatic rings. The summed E-state index contributed by atoms with van der Waals surface area (Å²) in [5.74, 6) is 0.946. The highest BCUT2D eigenvalue weighted by Gasteiger charge is 2.36. The second-order valence-corrected chi connectivity index (χ2v) is 6.25. The number of rotatable bonds is 6. The fraction of sp³-hybridized carbons (Fsp3) is 1.00. The van der Waals surface area contributed by atoms with Crippen LogP contribution in [0.25, 0.3) is 0 Å². The summed E-state index contributed by atoms with van der Waals surface area (Å²) in [5, 5.41) is 0. The third kappa shape index (κ3) is 3.45. The van der Waals surface area contributed by atoms with E-state index < -0.39 is 0 Å². The molecule has 2 fully saturated rings. The molecule has 3 atom stereocenters. The summed E-state index contributed by atoms with van der Waals surface area (Å²) in [6, 6.07) is 0. The van der Waals surface area contributed by atoms with Crippen molar-refractivity contribution in [3.05, 3.63) is 0 Å². The molecule has 0 bridgehead atoms. The van der Waals surface area contributed by atoms with Crippen LogP contribution in [-0.4, -0.2) is 19.3 Å². The van der Waals surface area contributed by atoms with E-state index in [0.29, 0.717) is 11.5 Å². The molecule has 1 saturated carbocycles. The van der Waals surface area contributed by atoms with E-state index in [2.05, 4.69) is 6.92 Å². The summed E-state index contributed by atoms with van der Waals surface area (Å²) < 4.78 is 5.70. The molecule has 1 saturated heterocycles. The van der Waals surface area contributed by atoms with Crippen LogP contribution in [0.4, 0.5) is 0 Å². The zero-order valence-electron chi connectivity index (χ0n) is 11.4. The zero-order valence-corrected chi connectivity index (χ0v) is 11.4. The average molecular weight is 239 g/mol. The van der Waals surface area contributed by atoms with E-state index in [0.717, 1.165) is 19.1 Å². The normalized spacial score (nSPS) is 37.8. The van der Waals surface area contributed by atoms with Gasteiger partial charge in [0.1, 0.15) is 0 Å². The quantitative estimate of drug-likeness (QED) is 0.770. The first kappa shape index (κ1) is 13.4. The van der Waals surface area contributed by atoms with Crippen molar-refractivity contribution in [1.29, 1.82) is 0 Å². The molecule has 0 aromatic heterocycles. The smallest absolute Gasteiger partial charge is 0.0576 e. The Hall–Kier alpha value is -0.0800. The molecule has 3 unspecified atom stereocenters. The van der Waals surface area contributed by atoms with Crippen LogP contribution in [0.1, 0.15) is 64.7 Å². The van der Waals surface area contributed by atoms with Gasteiger partial charge in [-0.25, -0.2) is 0 Å². The van der Waals surface area contributed by atoms with Gasteiger partial charge in [0.2, 0.25) is 0 Å². The molecule has 2 N–H and O–H groups in total. The summed E-state index contributed by atoms with van der Waals surface area (Å²) in [6.45, 7) is 4.21. The van der Waals surface area contributed by atoms with Crippen LogP contribution in [0.3, 0.4) is 0 Å². The van der Waals surface area contributed by atoms with Gasteiger partial charge in [-0.1, -0.05) is 19.8 Å². The van der Waals surface area contributed by atoms with Gasteiger partial charge in [-0.3, -0.25) is 0 Å². The monoisotopic (exact) mass is 239 g/mol. The molecular weight excluding hydrogens is 210 g/mol. The number of hydrogen-bond acceptors (Lipinski definition) is 2. The second-order valence-electron chi connectivity index (χ2n) is 6.25. The van der Waals surface area contributed by atoms with E-state index in [9.17, 15) is 0 Å². The second kappa shape index (κ2) is 6.19. The van der Waals surface area contributed by atoms with Gasteiger partial charge in [-0.2, -0.15) is 0 Å². The van der Waals surface area contributed by atoms with Gasteiger partial charge in [0, 0.05) is 6.61 Å². The van der Waals surface area contributed by atoms with Gasteiger partial charge in [0.05, 0.1) is 6.10 Å². The predicted molar refractivity (Wildman–Crippen MR) is 71.9 cm³/mol. The van der Waals surface area contributed by atoms with Crippen molar-refractivity contribution < 1.29 is 4.74 Å². The van der Waals surface area contributed by atoms with Crippen LogP contribution in [-0.2, 0) is 4.74 Å². The lowest BCUT2D eigenvalue weighted by Gasteiger charge is -2.28. The van der Waals surface area contributed by atoms with Crippen molar-refractivity contribution >= 4 is 0 Å². The van der Waals surface area contributed by atoms with Crippen LogP contribution in [0.2, 0.25) is 0 Å². The topological polar surface area (TPSA) is 35.2 Å². The van der Waals surface area contributed by atoms with Crippen molar-refractivity contribution in [2.45, 2.75) is 70.8 Å². The van der Waals surface area contributed by atoms with E-state index in [1.165, 1.54) is 57.8 Å². The van der Waals surface area contributed by atoms with E-state index >= 15 is 0 Å². The summed E-state index contributed by atoms with van der Waals surface area (Å²) in [4.78, 5) is 0. The van der Waals surface area contributed by atoms with Crippen molar-refractivity contribution in [2.75, 3.05) is 13.2 Å². The molecule has 100 valence electrons. The van der Waals surface area contributed by atoms with Gasteiger partial charge in [-0.05, 0) is 62.8 Å². The molecule has 1 heterocycles. The van der Waals surface area contributed by atoms with Gasteiger partial charge in [0.15, 0.2) is 0 Å². The Morgan fingerprint density at radius 1 is 1.35 bits per heavy atom. The Kier molecular flexibility index (Phi) is 4.87. The van der Waals surface area contributed by atoms with Gasteiger partial charge in [0.25, 0.3) is 0 Å². The van der Waals surface area contributed by atoms with Crippen molar-refractivity contribution in [2.24, 2.45) is 17.1 Å². The minimum absolute atomic E-state index is 0.485. The van der Waals surface area contributed by atoms with Gasteiger partial charge < -0.3 is 10.5 Å². The van der Waals surface area contributed by atoms with Crippen molar-refractivity contribution in [3.8, 4) is 0 Å². The SMILES string of the molecule is CCC1CCC(CN)(CCCC2CCCO2)C1. The minimum Gasteiger partial charge on any atom is -0.378 e. The fourth-order valence-corrected chi connectivity index (χ4v) is 3.77. The minimum atomic E-state index is 0.485. The lowest BCUT2D eigenvalue weighted by molar-refractivity contribution is 0.0975. The first-order valence-electron chi connectivity index (χ1n) is 7.60. The third-order valence-corrected chi connectivity index (χ3v) is 5.07. The molecular formula is C15H29NO. The third-order valence-electron chi connectivity index (χ3n) is 5.07. The summed E-state index contributed by atoms with van der Waals surface area (Å²) in [5.41, 5.74) is 6.53. The van der Waals surface area contributed by atoms with Crippen molar-refractivity contribution in [1.82, 2.24) is 0 Å². The number of hydrogen-bond donors (Lipinski definition) is 1. The molecule has 2 nitrogen and oxygen atoms in total. The van der Waals surface area contributed by atoms with E-state index in [1.54, 1.807) is 0 Å². The maximum atomic E-state index is 6.05. The Morgan fingerprint density at radius 3 is 2.82 bits per heavy atom. The van der Waals surface area contributed by atoms with Crippen molar-refractivity contribution in [3.63, 3.8) is 0 Å². The van der Waals surface area contributed by atoms with Gasteiger partial charge in [-0.15, -0.1) is 0 Å². The average Bonchev–Trinajstić information content (AvgIpc) is 2.99. The Labute approximate surface area is 106 Å². The zero-order chi connectivity index (χ0) is 12.1. The maximum absolute atomic E-state index is 6.05.